The lowest BCUT2D eigenvalue weighted by Gasteiger charge is -2.08. The predicted octanol–water partition coefficient (Wildman–Crippen LogP) is 0.183. The van der Waals surface area contributed by atoms with Crippen molar-refractivity contribution in [3.05, 3.63) is 0 Å². The molecule has 0 aliphatic rings. The van der Waals surface area contributed by atoms with E-state index in [1.54, 1.807) is 0 Å². The summed E-state index contributed by atoms with van der Waals surface area (Å²) in [4.78, 5) is 10.8. The molecular weight excluding hydrogens is 142 g/mol. The molecule has 11 heavy (non-hydrogen) atoms. The smallest absolute Gasteiger partial charge is 0.135 e. The summed E-state index contributed by atoms with van der Waals surface area (Å²) in [5.74, 6) is -0.0630. The van der Waals surface area contributed by atoms with Gasteiger partial charge in [0.1, 0.15) is 5.78 Å². The van der Waals surface area contributed by atoms with E-state index in [9.17, 15) is 4.79 Å². The highest BCUT2D eigenvalue weighted by Crippen LogP contribution is 2.05. The first-order valence-corrected chi connectivity index (χ1v) is 3.98. The van der Waals surface area contributed by atoms with Gasteiger partial charge in [-0.2, -0.15) is 0 Å². The maximum Gasteiger partial charge on any atom is 0.135 e. The average molecular weight is 159 g/mol. The number of aliphatic hydroxyl groups excluding tert-OH is 1. The van der Waals surface area contributed by atoms with Crippen molar-refractivity contribution >= 4 is 5.78 Å². The number of hydrogen-bond acceptors (Lipinski definition) is 3. The second-order valence-corrected chi connectivity index (χ2v) is 2.74. The van der Waals surface area contributed by atoms with E-state index in [2.05, 4.69) is 5.32 Å². The van der Waals surface area contributed by atoms with E-state index < -0.39 is 0 Å². The molecule has 0 aliphatic heterocycles. The normalized spacial score (nSPS) is 13.0. The Morgan fingerprint density at radius 1 is 1.64 bits per heavy atom. The second kappa shape index (κ2) is 6.31. The zero-order chi connectivity index (χ0) is 8.69. The van der Waals surface area contributed by atoms with Crippen LogP contribution in [0.15, 0.2) is 0 Å². The molecule has 0 aromatic carbocycles. The van der Waals surface area contributed by atoms with Crippen molar-refractivity contribution < 1.29 is 9.90 Å². The number of nitrogens with one attached hydrogen (secondary N) is 1. The minimum atomic E-state index is -0.150. The van der Waals surface area contributed by atoms with Crippen molar-refractivity contribution in [1.29, 1.82) is 0 Å². The van der Waals surface area contributed by atoms with E-state index in [4.69, 9.17) is 5.11 Å². The molecule has 0 fully saturated rings. The molecule has 0 saturated heterocycles. The number of carbonyl (C=O) groups excluding carboxylic acids is 1. The Kier molecular flexibility index (Phi) is 6.07. The van der Waals surface area contributed by atoms with Gasteiger partial charge in [0.15, 0.2) is 0 Å². The van der Waals surface area contributed by atoms with E-state index in [0.29, 0.717) is 0 Å². The summed E-state index contributed by atoms with van der Waals surface area (Å²) < 4.78 is 0. The molecule has 0 bridgehead atoms. The highest BCUT2D eigenvalue weighted by atomic mass is 16.3. The van der Waals surface area contributed by atoms with Crippen LogP contribution in [-0.2, 0) is 4.79 Å². The lowest BCUT2D eigenvalue weighted by Crippen LogP contribution is -2.17. The predicted molar refractivity (Wildman–Crippen MR) is 44.4 cm³/mol. The lowest BCUT2D eigenvalue weighted by atomic mass is 10.0. The molecule has 0 aromatic rings. The van der Waals surface area contributed by atoms with E-state index in [-0.39, 0.29) is 18.3 Å². The van der Waals surface area contributed by atoms with Crippen LogP contribution >= 0.6 is 0 Å². The highest BCUT2D eigenvalue weighted by Gasteiger charge is 2.11. The first-order chi connectivity index (χ1) is 5.22. The third-order valence-corrected chi connectivity index (χ3v) is 1.77. The summed E-state index contributed by atoms with van der Waals surface area (Å²) in [7, 11) is 1.88. The zero-order valence-electron chi connectivity index (χ0n) is 7.26. The monoisotopic (exact) mass is 159 g/mol. The second-order valence-electron chi connectivity index (χ2n) is 2.74. The first-order valence-electron chi connectivity index (χ1n) is 3.98. The third-order valence-electron chi connectivity index (χ3n) is 1.77. The first kappa shape index (κ1) is 10.6. The molecule has 0 rings (SSSR count). The van der Waals surface area contributed by atoms with Gasteiger partial charge in [-0.3, -0.25) is 4.79 Å². The van der Waals surface area contributed by atoms with Gasteiger partial charge in [0.25, 0.3) is 0 Å². The molecule has 0 saturated carbocycles. The van der Waals surface area contributed by atoms with Crippen molar-refractivity contribution in [2.75, 3.05) is 20.2 Å². The average Bonchev–Trinajstić information content (AvgIpc) is 1.97. The molecule has 0 unspecified atom stereocenters. The van der Waals surface area contributed by atoms with Crippen LogP contribution in [0.2, 0.25) is 0 Å². The van der Waals surface area contributed by atoms with E-state index >= 15 is 0 Å². The van der Waals surface area contributed by atoms with Crippen LogP contribution in [-0.4, -0.2) is 31.1 Å². The number of hydrogen-bond donors (Lipinski definition) is 2. The van der Waals surface area contributed by atoms with Gasteiger partial charge in [0, 0.05) is 5.92 Å². The summed E-state index contributed by atoms with van der Waals surface area (Å²) in [5.41, 5.74) is 0. The Morgan fingerprint density at radius 2 is 2.27 bits per heavy atom. The molecule has 0 aliphatic carbocycles. The maximum absolute atomic E-state index is 10.8. The van der Waals surface area contributed by atoms with Gasteiger partial charge in [-0.25, -0.2) is 0 Å². The molecule has 0 spiro atoms. The maximum atomic E-state index is 10.8. The standard InChI is InChI=1S/C8H17NO2/c1-7(11)8(6-10)4-3-5-9-2/h8-10H,3-6H2,1-2H3/t8-/m1/s1. The van der Waals surface area contributed by atoms with Crippen LogP contribution in [0.25, 0.3) is 0 Å². The molecule has 0 amide bonds. The molecule has 66 valence electrons. The Bertz CT molecular complexity index is 115. The number of aliphatic hydroxyl groups is 1. The number of ketones is 1. The van der Waals surface area contributed by atoms with Crippen LogP contribution in [0.4, 0.5) is 0 Å². The van der Waals surface area contributed by atoms with Crippen LogP contribution in [0.5, 0.6) is 0 Å². The van der Waals surface area contributed by atoms with Crippen LogP contribution in [0.3, 0.4) is 0 Å². The van der Waals surface area contributed by atoms with Gasteiger partial charge in [-0.15, -0.1) is 0 Å². The van der Waals surface area contributed by atoms with Gasteiger partial charge in [0.05, 0.1) is 6.61 Å². The summed E-state index contributed by atoms with van der Waals surface area (Å²) >= 11 is 0. The minimum Gasteiger partial charge on any atom is -0.396 e. The number of rotatable bonds is 6. The summed E-state index contributed by atoms with van der Waals surface area (Å²) in [6.45, 7) is 2.42. The Hall–Kier alpha value is -0.410. The third kappa shape index (κ3) is 4.93. The summed E-state index contributed by atoms with van der Waals surface area (Å²) in [5, 5.41) is 11.7. The van der Waals surface area contributed by atoms with Crippen molar-refractivity contribution in [1.82, 2.24) is 5.32 Å². The Morgan fingerprint density at radius 3 is 2.64 bits per heavy atom. The molecule has 0 aromatic heterocycles. The van der Waals surface area contributed by atoms with Crippen LogP contribution in [0.1, 0.15) is 19.8 Å². The van der Waals surface area contributed by atoms with E-state index in [0.717, 1.165) is 19.4 Å². The van der Waals surface area contributed by atoms with Gasteiger partial charge in [0.2, 0.25) is 0 Å². The van der Waals surface area contributed by atoms with Crippen LogP contribution < -0.4 is 5.32 Å². The number of Topliss-reactive ketones (excluding diaryl/α,β-unsaturated/α-hetero) is 1. The van der Waals surface area contributed by atoms with E-state index in [1.807, 2.05) is 7.05 Å². The van der Waals surface area contributed by atoms with Crippen molar-refractivity contribution in [2.24, 2.45) is 5.92 Å². The van der Waals surface area contributed by atoms with Gasteiger partial charge >= 0.3 is 0 Å². The molecule has 3 heteroatoms. The highest BCUT2D eigenvalue weighted by molar-refractivity contribution is 5.78. The number of carbonyl (C=O) groups is 1. The molecular formula is C8H17NO2. The van der Waals surface area contributed by atoms with Gasteiger partial charge < -0.3 is 10.4 Å². The molecule has 2 N–H and O–H groups in total. The molecule has 1 atom stereocenters. The lowest BCUT2D eigenvalue weighted by molar-refractivity contribution is -0.122. The van der Waals surface area contributed by atoms with Crippen LogP contribution in [0, 0.1) is 5.92 Å². The summed E-state index contributed by atoms with van der Waals surface area (Å²) in [6, 6.07) is 0. The Balaban J connectivity index is 3.44. The SMILES string of the molecule is CNCCC[C@H](CO)C(C)=O. The summed E-state index contributed by atoms with van der Waals surface area (Å²) in [6.07, 6.45) is 1.73. The van der Waals surface area contributed by atoms with Crippen molar-refractivity contribution in [3.8, 4) is 0 Å². The zero-order valence-corrected chi connectivity index (χ0v) is 7.26. The van der Waals surface area contributed by atoms with Crippen molar-refractivity contribution in [3.63, 3.8) is 0 Å². The largest absolute Gasteiger partial charge is 0.396 e. The quantitative estimate of drug-likeness (QED) is 0.544. The fourth-order valence-corrected chi connectivity index (χ4v) is 0.948. The Labute approximate surface area is 67.8 Å². The van der Waals surface area contributed by atoms with E-state index in [1.165, 1.54) is 6.92 Å². The van der Waals surface area contributed by atoms with Gasteiger partial charge in [-0.05, 0) is 33.4 Å². The molecule has 0 heterocycles. The fraction of sp³-hybridized carbons (Fsp3) is 0.875. The van der Waals surface area contributed by atoms with Crippen molar-refractivity contribution in [2.45, 2.75) is 19.8 Å². The molecule has 3 nitrogen and oxygen atoms in total. The topological polar surface area (TPSA) is 49.3 Å². The van der Waals surface area contributed by atoms with Gasteiger partial charge in [-0.1, -0.05) is 0 Å². The fourth-order valence-electron chi connectivity index (χ4n) is 0.948. The molecule has 0 radical (unpaired) electrons. The minimum absolute atomic E-state index is 0.0148.